The highest BCUT2D eigenvalue weighted by atomic mass is 32.1. The number of hydrogen-bond acceptors (Lipinski definition) is 4. The lowest BCUT2D eigenvalue weighted by Gasteiger charge is -2.44. The summed E-state index contributed by atoms with van der Waals surface area (Å²) in [6.07, 6.45) is 5.53. The third-order valence-electron chi connectivity index (χ3n) is 6.10. The zero-order chi connectivity index (χ0) is 20.4. The van der Waals surface area contributed by atoms with Crippen molar-refractivity contribution >= 4 is 28.8 Å². The number of piperazine rings is 1. The smallest absolute Gasteiger partial charge is 0.250 e. The third-order valence-corrected chi connectivity index (χ3v) is 6.96. The van der Waals surface area contributed by atoms with Gasteiger partial charge in [0.05, 0.1) is 6.54 Å². The summed E-state index contributed by atoms with van der Waals surface area (Å²) in [7, 11) is 4.00. The standard InChI is InChI=1S/C23H29N3O2S/c1-24(2)18-12-10-17(11-13-18)22-23(28)25(19-7-4-3-5-8-19)16-21(27)26(22)15-20-9-6-14-29-20/h6,9-14,19,22H,3-5,7-8,15-16H2,1-2H3. The van der Waals surface area contributed by atoms with Crippen LogP contribution in [0.15, 0.2) is 41.8 Å². The number of carbonyl (C=O) groups excluding carboxylic acids is 2. The van der Waals surface area contributed by atoms with Crippen LogP contribution in [-0.2, 0) is 16.1 Å². The Hall–Kier alpha value is -2.34. The molecule has 1 aromatic carbocycles. The van der Waals surface area contributed by atoms with Gasteiger partial charge in [-0.05, 0) is 42.0 Å². The number of amides is 2. The van der Waals surface area contributed by atoms with Gasteiger partial charge in [0.15, 0.2) is 0 Å². The maximum atomic E-state index is 13.7. The van der Waals surface area contributed by atoms with Gasteiger partial charge in [-0.2, -0.15) is 0 Å². The fraction of sp³-hybridized carbons (Fsp3) is 0.478. The van der Waals surface area contributed by atoms with Crippen LogP contribution in [0.2, 0.25) is 0 Å². The molecular formula is C23H29N3O2S. The fourth-order valence-corrected chi connectivity index (χ4v) is 5.18. The average molecular weight is 412 g/mol. The van der Waals surface area contributed by atoms with Crippen molar-refractivity contribution in [1.29, 1.82) is 0 Å². The number of rotatable bonds is 5. The lowest BCUT2D eigenvalue weighted by atomic mass is 9.91. The van der Waals surface area contributed by atoms with Gasteiger partial charge in [0.25, 0.3) is 5.91 Å². The monoisotopic (exact) mass is 411 g/mol. The highest BCUT2D eigenvalue weighted by Gasteiger charge is 2.43. The molecule has 1 saturated heterocycles. The van der Waals surface area contributed by atoms with Crippen LogP contribution in [0.3, 0.4) is 0 Å². The molecule has 1 aromatic heterocycles. The Balaban J connectivity index is 1.66. The molecule has 0 radical (unpaired) electrons. The van der Waals surface area contributed by atoms with Crippen molar-refractivity contribution < 1.29 is 9.59 Å². The zero-order valence-electron chi connectivity index (χ0n) is 17.2. The summed E-state index contributed by atoms with van der Waals surface area (Å²) >= 11 is 1.63. The fourth-order valence-electron chi connectivity index (χ4n) is 4.48. The molecule has 2 amide bonds. The van der Waals surface area contributed by atoms with Crippen LogP contribution in [0.1, 0.15) is 48.6 Å². The molecule has 1 aliphatic heterocycles. The number of carbonyl (C=O) groups is 2. The van der Waals surface area contributed by atoms with Crippen LogP contribution < -0.4 is 4.90 Å². The molecule has 2 aromatic rings. The van der Waals surface area contributed by atoms with E-state index in [2.05, 4.69) is 0 Å². The summed E-state index contributed by atoms with van der Waals surface area (Å²) in [5, 5.41) is 2.01. The van der Waals surface area contributed by atoms with Crippen LogP contribution in [0.5, 0.6) is 0 Å². The van der Waals surface area contributed by atoms with E-state index in [1.807, 2.05) is 65.7 Å². The Labute approximate surface area is 176 Å². The van der Waals surface area contributed by atoms with Gasteiger partial charge < -0.3 is 14.7 Å². The summed E-state index contributed by atoms with van der Waals surface area (Å²) in [4.78, 5) is 33.6. The largest absolute Gasteiger partial charge is 0.378 e. The molecule has 2 aliphatic rings. The van der Waals surface area contributed by atoms with E-state index in [0.29, 0.717) is 6.54 Å². The van der Waals surface area contributed by atoms with E-state index in [4.69, 9.17) is 0 Å². The van der Waals surface area contributed by atoms with Crippen LogP contribution in [0, 0.1) is 0 Å². The maximum Gasteiger partial charge on any atom is 0.250 e. The molecule has 0 N–H and O–H groups in total. The van der Waals surface area contributed by atoms with Crippen molar-refractivity contribution in [1.82, 2.24) is 9.80 Å². The van der Waals surface area contributed by atoms with Crippen molar-refractivity contribution in [3.8, 4) is 0 Å². The molecule has 2 fully saturated rings. The van der Waals surface area contributed by atoms with Gasteiger partial charge in [-0.15, -0.1) is 11.3 Å². The molecule has 6 heteroatoms. The van der Waals surface area contributed by atoms with Gasteiger partial charge in [0, 0.05) is 30.7 Å². The lowest BCUT2D eigenvalue weighted by molar-refractivity contribution is -0.159. The molecule has 154 valence electrons. The maximum absolute atomic E-state index is 13.7. The van der Waals surface area contributed by atoms with Gasteiger partial charge in [-0.3, -0.25) is 9.59 Å². The van der Waals surface area contributed by atoms with Gasteiger partial charge in [0.2, 0.25) is 5.91 Å². The Morgan fingerprint density at radius 1 is 1.03 bits per heavy atom. The molecule has 1 aliphatic carbocycles. The van der Waals surface area contributed by atoms with Crippen molar-refractivity contribution in [3.63, 3.8) is 0 Å². The van der Waals surface area contributed by atoms with Crippen LogP contribution in [0.25, 0.3) is 0 Å². The Kier molecular flexibility index (Phi) is 5.90. The predicted octanol–water partition coefficient (Wildman–Crippen LogP) is 4.06. The SMILES string of the molecule is CN(C)c1ccc(C2C(=O)N(C3CCCCC3)CC(=O)N2Cc2cccs2)cc1. The predicted molar refractivity (Wildman–Crippen MR) is 117 cm³/mol. The Morgan fingerprint density at radius 3 is 2.38 bits per heavy atom. The van der Waals surface area contributed by atoms with E-state index in [-0.39, 0.29) is 24.4 Å². The first kappa shape index (κ1) is 20.0. The molecule has 0 bridgehead atoms. The van der Waals surface area contributed by atoms with E-state index < -0.39 is 6.04 Å². The quantitative estimate of drug-likeness (QED) is 0.745. The van der Waals surface area contributed by atoms with E-state index in [9.17, 15) is 9.59 Å². The molecule has 2 heterocycles. The van der Waals surface area contributed by atoms with Crippen molar-refractivity contribution in [2.45, 2.75) is 50.7 Å². The molecule has 1 saturated carbocycles. The number of anilines is 1. The molecule has 5 nitrogen and oxygen atoms in total. The molecular weight excluding hydrogens is 382 g/mol. The second kappa shape index (κ2) is 8.57. The second-order valence-corrected chi connectivity index (χ2v) is 9.28. The summed E-state index contributed by atoms with van der Waals surface area (Å²) < 4.78 is 0. The molecule has 1 unspecified atom stereocenters. The topological polar surface area (TPSA) is 43.9 Å². The first-order chi connectivity index (χ1) is 14.0. The van der Waals surface area contributed by atoms with Crippen molar-refractivity contribution in [2.75, 3.05) is 25.5 Å². The van der Waals surface area contributed by atoms with Gasteiger partial charge in [-0.1, -0.05) is 37.5 Å². The highest BCUT2D eigenvalue weighted by molar-refractivity contribution is 7.09. The van der Waals surface area contributed by atoms with Crippen molar-refractivity contribution in [3.05, 3.63) is 52.2 Å². The van der Waals surface area contributed by atoms with E-state index in [1.165, 1.54) is 6.42 Å². The van der Waals surface area contributed by atoms with Crippen LogP contribution in [0.4, 0.5) is 5.69 Å². The molecule has 0 spiro atoms. The number of hydrogen-bond donors (Lipinski definition) is 0. The second-order valence-electron chi connectivity index (χ2n) is 8.25. The van der Waals surface area contributed by atoms with Crippen molar-refractivity contribution in [2.24, 2.45) is 0 Å². The van der Waals surface area contributed by atoms with Gasteiger partial charge in [-0.25, -0.2) is 0 Å². The number of benzene rings is 1. The summed E-state index contributed by atoms with van der Waals surface area (Å²) in [6.45, 7) is 0.696. The lowest BCUT2D eigenvalue weighted by Crippen LogP contribution is -2.58. The minimum Gasteiger partial charge on any atom is -0.378 e. The van der Waals surface area contributed by atoms with Crippen LogP contribution in [-0.4, -0.2) is 48.3 Å². The normalized spacial score (nSPS) is 21.0. The van der Waals surface area contributed by atoms with E-state index >= 15 is 0 Å². The Bertz CT molecular complexity index is 842. The zero-order valence-corrected chi connectivity index (χ0v) is 18.0. The van der Waals surface area contributed by atoms with E-state index in [0.717, 1.165) is 41.8 Å². The molecule has 4 rings (SSSR count). The first-order valence-electron chi connectivity index (χ1n) is 10.4. The third kappa shape index (κ3) is 4.17. The summed E-state index contributed by atoms with van der Waals surface area (Å²) in [5.74, 6) is 0.121. The van der Waals surface area contributed by atoms with Gasteiger partial charge >= 0.3 is 0 Å². The van der Waals surface area contributed by atoms with Gasteiger partial charge in [0.1, 0.15) is 12.6 Å². The molecule has 29 heavy (non-hydrogen) atoms. The molecule has 1 atom stereocenters. The number of nitrogens with zero attached hydrogens (tertiary/aromatic N) is 3. The number of thiophene rings is 1. The first-order valence-corrected chi connectivity index (χ1v) is 11.3. The Morgan fingerprint density at radius 2 is 1.76 bits per heavy atom. The summed E-state index contributed by atoms with van der Waals surface area (Å²) in [6, 6.07) is 11.7. The van der Waals surface area contributed by atoms with E-state index in [1.54, 1.807) is 16.2 Å². The minimum atomic E-state index is -0.545. The van der Waals surface area contributed by atoms with Crippen LogP contribution >= 0.6 is 11.3 Å². The average Bonchev–Trinajstić information content (AvgIpc) is 3.25. The highest BCUT2D eigenvalue weighted by Crippen LogP contribution is 2.34. The summed E-state index contributed by atoms with van der Waals surface area (Å²) in [5.41, 5.74) is 1.98. The minimum absolute atomic E-state index is 0.0465.